The summed E-state index contributed by atoms with van der Waals surface area (Å²) in [6.45, 7) is 1.43. The lowest BCUT2D eigenvalue weighted by molar-refractivity contribution is 0.183. The highest BCUT2D eigenvalue weighted by Crippen LogP contribution is 2.29. The number of rotatable bonds is 5. The number of halogens is 2. The molecule has 0 saturated carbocycles. The molecule has 3 aromatic carbocycles. The molecule has 1 aliphatic carbocycles. The number of hydrogen-bond acceptors (Lipinski definition) is 2. The molecule has 1 atom stereocenters. The van der Waals surface area contributed by atoms with Gasteiger partial charge in [-0.15, -0.1) is 0 Å². The lowest BCUT2D eigenvalue weighted by Gasteiger charge is -2.29. The Morgan fingerprint density at radius 2 is 1.26 bits per heavy atom. The number of hydrogen-bond donors (Lipinski definition) is 1. The minimum Gasteiger partial charge on any atom is -0.399 e. The van der Waals surface area contributed by atoms with E-state index in [-0.39, 0.29) is 11.6 Å². The van der Waals surface area contributed by atoms with Crippen molar-refractivity contribution in [2.75, 3.05) is 5.73 Å². The second-order valence-electron chi connectivity index (χ2n) is 7.25. The van der Waals surface area contributed by atoms with E-state index in [2.05, 4.69) is 17.0 Å². The maximum atomic E-state index is 13.3. The Kier molecular flexibility index (Phi) is 4.90. The van der Waals surface area contributed by atoms with Crippen LogP contribution in [0.2, 0.25) is 0 Å². The van der Waals surface area contributed by atoms with E-state index in [4.69, 9.17) is 5.73 Å². The van der Waals surface area contributed by atoms with Crippen molar-refractivity contribution in [2.24, 2.45) is 0 Å². The Labute approximate surface area is 158 Å². The highest BCUT2D eigenvalue weighted by Gasteiger charge is 2.27. The molecule has 1 aliphatic rings. The standard InChI is InChI=1S/C23H22F2N2/c24-20-6-1-16(2-7-20)14-27(15-17-3-8-21(25)9-4-17)23-12-18-5-10-22(26)11-19(18)13-23/h1-11,23H,12-15,26H2. The van der Waals surface area contributed by atoms with Crippen molar-refractivity contribution in [2.45, 2.75) is 32.0 Å². The second kappa shape index (κ2) is 7.49. The molecule has 0 fully saturated rings. The smallest absolute Gasteiger partial charge is 0.123 e. The van der Waals surface area contributed by atoms with Crippen LogP contribution in [0, 0.1) is 11.6 Å². The molecule has 0 heterocycles. The van der Waals surface area contributed by atoms with Crippen LogP contribution < -0.4 is 5.73 Å². The molecule has 1 unspecified atom stereocenters. The van der Waals surface area contributed by atoms with Crippen LogP contribution in [0.4, 0.5) is 14.5 Å². The molecule has 3 aromatic rings. The molecule has 138 valence electrons. The van der Waals surface area contributed by atoms with Crippen LogP contribution in [0.15, 0.2) is 66.7 Å². The van der Waals surface area contributed by atoms with Gasteiger partial charge in [-0.05, 0) is 71.5 Å². The van der Waals surface area contributed by atoms with Gasteiger partial charge in [-0.3, -0.25) is 4.90 Å². The minimum atomic E-state index is -0.229. The fourth-order valence-electron chi connectivity index (χ4n) is 3.84. The monoisotopic (exact) mass is 364 g/mol. The first-order chi connectivity index (χ1) is 13.1. The molecule has 0 bridgehead atoms. The molecule has 0 amide bonds. The molecule has 0 aromatic heterocycles. The molecule has 0 radical (unpaired) electrons. The highest BCUT2D eigenvalue weighted by molar-refractivity contribution is 5.47. The van der Waals surface area contributed by atoms with E-state index in [0.29, 0.717) is 19.1 Å². The zero-order chi connectivity index (χ0) is 18.8. The summed E-state index contributed by atoms with van der Waals surface area (Å²) in [5.41, 5.74) is 11.5. The lowest BCUT2D eigenvalue weighted by atomic mass is 10.1. The Bertz CT molecular complexity index is 873. The fraction of sp³-hybridized carbons (Fsp3) is 0.217. The van der Waals surface area contributed by atoms with Gasteiger partial charge in [0.15, 0.2) is 0 Å². The summed E-state index contributed by atoms with van der Waals surface area (Å²) in [6, 6.07) is 19.7. The summed E-state index contributed by atoms with van der Waals surface area (Å²) < 4.78 is 26.5. The summed E-state index contributed by atoms with van der Waals surface area (Å²) >= 11 is 0. The highest BCUT2D eigenvalue weighted by atomic mass is 19.1. The number of nitrogens with two attached hydrogens (primary N) is 1. The van der Waals surface area contributed by atoms with Crippen LogP contribution >= 0.6 is 0 Å². The van der Waals surface area contributed by atoms with Gasteiger partial charge in [0.1, 0.15) is 11.6 Å². The van der Waals surface area contributed by atoms with Gasteiger partial charge in [-0.25, -0.2) is 8.78 Å². The van der Waals surface area contributed by atoms with Crippen molar-refractivity contribution >= 4 is 5.69 Å². The van der Waals surface area contributed by atoms with Crippen LogP contribution in [0.25, 0.3) is 0 Å². The van der Waals surface area contributed by atoms with E-state index in [1.807, 2.05) is 30.3 Å². The first-order valence-electron chi connectivity index (χ1n) is 9.17. The first-order valence-corrected chi connectivity index (χ1v) is 9.17. The average Bonchev–Trinajstić information content (AvgIpc) is 3.08. The number of nitrogen functional groups attached to an aromatic ring is 1. The van der Waals surface area contributed by atoms with Crippen LogP contribution in [0.5, 0.6) is 0 Å². The van der Waals surface area contributed by atoms with Crippen LogP contribution in [0.1, 0.15) is 22.3 Å². The Morgan fingerprint density at radius 3 is 1.81 bits per heavy atom. The topological polar surface area (TPSA) is 29.3 Å². The van der Waals surface area contributed by atoms with E-state index < -0.39 is 0 Å². The van der Waals surface area contributed by atoms with E-state index in [1.54, 1.807) is 0 Å². The number of benzene rings is 3. The predicted octanol–water partition coefficient (Wildman–Crippen LogP) is 4.72. The van der Waals surface area contributed by atoms with Crippen molar-refractivity contribution in [1.29, 1.82) is 0 Å². The maximum absolute atomic E-state index is 13.3. The molecular formula is C23H22F2N2. The molecular weight excluding hydrogens is 342 g/mol. The van der Waals surface area contributed by atoms with Crippen molar-refractivity contribution in [3.8, 4) is 0 Å². The fourth-order valence-corrected chi connectivity index (χ4v) is 3.84. The third-order valence-corrected chi connectivity index (χ3v) is 5.26. The molecule has 27 heavy (non-hydrogen) atoms. The molecule has 0 saturated heterocycles. The molecule has 4 rings (SSSR count). The normalized spacial score (nSPS) is 15.9. The number of fused-ring (bicyclic) bond motifs is 1. The van der Waals surface area contributed by atoms with Crippen molar-refractivity contribution in [3.05, 3.63) is 101 Å². The van der Waals surface area contributed by atoms with E-state index in [9.17, 15) is 8.78 Å². The van der Waals surface area contributed by atoms with Gasteiger partial charge in [0.05, 0.1) is 0 Å². The predicted molar refractivity (Wildman–Crippen MR) is 104 cm³/mol. The van der Waals surface area contributed by atoms with E-state index in [1.165, 1.54) is 35.4 Å². The minimum absolute atomic E-state index is 0.229. The number of anilines is 1. The second-order valence-corrected chi connectivity index (χ2v) is 7.25. The van der Waals surface area contributed by atoms with E-state index >= 15 is 0 Å². The van der Waals surface area contributed by atoms with Crippen LogP contribution in [-0.4, -0.2) is 10.9 Å². The molecule has 2 N–H and O–H groups in total. The summed E-state index contributed by atoms with van der Waals surface area (Å²) in [5.74, 6) is -0.458. The average molecular weight is 364 g/mol. The largest absolute Gasteiger partial charge is 0.399 e. The van der Waals surface area contributed by atoms with Gasteiger partial charge >= 0.3 is 0 Å². The van der Waals surface area contributed by atoms with Crippen molar-refractivity contribution in [3.63, 3.8) is 0 Å². The van der Waals surface area contributed by atoms with Gasteiger partial charge in [0.2, 0.25) is 0 Å². The SMILES string of the molecule is Nc1ccc2c(c1)CC(N(Cc1ccc(F)cc1)Cc1ccc(F)cc1)C2. The zero-order valence-electron chi connectivity index (χ0n) is 15.0. The summed E-state index contributed by atoms with van der Waals surface area (Å²) in [6.07, 6.45) is 1.89. The lowest BCUT2D eigenvalue weighted by Crippen LogP contribution is -2.35. The van der Waals surface area contributed by atoms with Crippen LogP contribution in [0.3, 0.4) is 0 Å². The molecule has 0 spiro atoms. The third kappa shape index (κ3) is 4.17. The third-order valence-electron chi connectivity index (χ3n) is 5.26. The quantitative estimate of drug-likeness (QED) is 0.664. The van der Waals surface area contributed by atoms with Gasteiger partial charge in [-0.1, -0.05) is 30.3 Å². The summed E-state index contributed by atoms with van der Waals surface area (Å²) in [4.78, 5) is 2.39. The summed E-state index contributed by atoms with van der Waals surface area (Å²) in [7, 11) is 0. The van der Waals surface area contributed by atoms with Gasteiger partial charge in [-0.2, -0.15) is 0 Å². The van der Waals surface area contributed by atoms with Gasteiger partial charge in [0.25, 0.3) is 0 Å². The molecule has 2 nitrogen and oxygen atoms in total. The molecule has 4 heteroatoms. The zero-order valence-corrected chi connectivity index (χ0v) is 15.0. The van der Waals surface area contributed by atoms with E-state index in [0.717, 1.165) is 29.7 Å². The molecule has 0 aliphatic heterocycles. The Morgan fingerprint density at radius 1 is 0.741 bits per heavy atom. The van der Waals surface area contributed by atoms with Gasteiger partial charge in [0, 0.05) is 24.8 Å². The number of nitrogens with zero attached hydrogens (tertiary/aromatic N) is 1. The summed E-state index contributed by atoms with van der Waals surface area (Å²) in [5, 5.41) is 0. The van der Waals surface area contributed by atoms with Crippen LogP contribution in [-0.2, 0) is 25.9 Å². The Balaban J connectivity index is 1.57. The Hall–Kier alpha value is -2.72. The maximum Gasteiger partial charge on any atom is 0.123 e. The van der Waals surface area contributed by atoms with Crippen molar-refractivity contribution < 1.29 is 8.78 Å². The first kappa shape index (κ1) is 17.7. The van der Waals surface area contributed by atoms with Gasteiger partial charge < -0.3 is 5.73 Å². The van der Waals surface area contributed by atoms with Crippen molar-refractivity contribution in [1.82, 2.24) is 4.90 Å².